The van der Waals surface area contributed by atoms with Crippen molar-refractivity contribution in [1.29, 1.82) is 0 Å². The van der Waals surface area contributed by atoms with E-state index in [1.165, 1.54) is 17.5 Å². The minimum absolute atomic E-state index is 0.0250. The van der Waals surface area contributed by atoms with Gasteiger partial charge < -0.3 is 19.5 Å². The second kappa shape index (κ2) is 9.96. The van der Waals surface area contributed by atoms with Gasteiger partial charge in [-0.25, -0.2) is 0 Å². The number of methoxy groups -OCH3 is 1. The number of hydrogen-bond donors (Lipinski definition) is 1. The molecule has 2 aliphatic rings. The Labute approximate surface area is 178 Å². The Morgan fingerprint density at radius 1 is 1.07 bits per heavy atom. The number of morpholine rings is 1. The molecule has 0 saturated carbocycles. The molecule has 2 aromatic carbocycles. The van der Waals surface area contributed by atoms with Crippen molar-refractivity contribution >= 4 is 5.91 Å². The van der Waals surface area contributed by atoms with E-state index in [1.54, 1.807) is 7.11 Å². The maximum atomic E-state index is 12.5. The molecule has 30 heavy (non-hydrogen) atoms. The minimum Gasteiger partial charge on any atom is -0.497 e. The number of carbonyl (C=O) groups excluding carboxylic acids is 1. The Hall–Kier alpha value is -2.57. The molecule has 1 fully saturated rings. The van der Waals surface area contributed by atoms with Crippen LogP contribution in [-0.4, -0.2) is 57.4 Å². The monoisotopic (exact) mass is 410 g/mol. The van der Waals surface area contributed by atoms with E-state index in [0.29, 0.717) is 19.8 Å². The van der Waals surface area contributed by atoms with E-state index in [0.717, 1.165) is 43.0 Å². The topological polar surface area (TPSA) is 60.0 Å². The summed E-state index contributed by atoms with van der Waals surface area (Å²) in [6, 6.07) is 14.3. The molecule has 0 bridgehead atoms. The lowest BCUT2D eigenvalue weighted by molar-refractivity contribution is -0.123. The van der Waals surface area contributed by atoms with Gasteiger partial charge in [-0.2, -0.15) is 0 Å². The third-order valence-corrected chi connectivity index (χ3v) is 5.92. The maximum Gasteiger partial charge on any atom is 0.258 e. The minimum atomic E-state index is -0.109. The third kappa shape index (κ3) is 5.12. The third-order valence-electron chi connectivity index (χ3n) is 5.92. The van der Waals surface area contributed by atoms with Crippen molar-refractivity contribution in [2.45, 2.75) is 25.3 Å². The van der Waals surface area contributed by atoms with E-state index in [9.17, 15) is 4.79 Å². The van der Waals surface area contributed by atoms with Gasteiger partial charge in [-0.05, 0) is 60.2 Å². The zero-order valence-corrected chi connectivity index (χ0v) is 17.6. The zero-order chi connectivity index (χ0) is 20.8. The molecule has 1 saturated heterocycles. The number of nitrogens with one attached hydrogen (secondary N) is 1. The number of carbonyl (C=O) groups is 1. The molecule has 0 spiro atoms. The highest BCUT2D eigenvalue weighted by atomic mass is 16.5. The number of fused-ring (bicyclic) bond motifs is 1. The van der Waals surface area contributed by atoms with Gasteiger partial charge in [0.15, 0.2) is 6.61 Å². The second-order valence-electron chi connectivity index (χ2n) is 7.81. The molecule has 1 amide bonds. The van der Waals surface area contributed by atoms with Crippen molar-refractivity contribution in [1.82, 2.24) is 10.2 Å². The predicted molar refractivity (Wildman–Crippen MR) is 115 cm³/mol. The van der Waals surface area contributed by atoms with Gasteiger partial charge in [-0.15, -0.1) is 0 Å². The molecule has 160 valence electrons. The van der Waals surface area contributed by atoms with Crippen LogP contribution in [0.2, 0.25) is 0 Å². The summed E-state index contributed by atoms with van der Waals surface area (Å²) in [4.78, 5) is 14.8. The average Bonchev–Trinajstić information content (AvgIpc) is 3.27. The summed E-state index contributed by atoms with van der Waals surface area (Å²) in [5, 5.41) is 3.05. The first-order valence-corrected chi connectivity index (χ1v) is 10.7. The van der Waals surface area contributed by atoms with Crippen molar-refractivity contribution in [3.8, 4) is 11.5 Å². The van der Waals surface area contributed by atoms with Crippen molar-refractivity contribution in [2.75, 3.05) is 46.6 Å². The van der Waals surface area contributed by atoms with Gasteiger partial charge in [0.1, 0.15) is 11.5 Å². The van der Waals surface area contributed by atoms with E-state index in [4.69, 9.17) is 14.2 Å². The molecule has 1 aliphatic carbocycles. The molecule has 0 aromatic heterocycles. The fraction of sp³-hybridized carbons (Fsp3) is 0.458. The molecule has 6 heteroatoms. The van der Waals surface area contributed by atoms with Crippen LogP contribution < -0.4 is 14.8 Å². The molecular weight excluding hydrogens is 380 g/mol. The molecule has 2 aromatic rings. The standard InChI is InChI=1S/C24H30N2O4/c1-28-21-8-6-19(7-9-21)23(26-11-13-29-14-12-26)16-25-24(27)17-30-22-10-5-18-3-2-4-20(18)15-22/h5-10,15,23H,2-4,11-14,16-17H2,1H3,(H,25,27)/t23-/m1/s1. The zero-order valence-electron chi connectivity index (χ0n) is 17.6. The van der Waals surface area contributed by atoms with Crippen LogP contribution in [0.4, 0.5) is 0 Å². The number of nitrogens with zero attached hydrogens (tertiary/aromatic N) is 1. The quantitative estimate of drug-likeness (QED) is 0.725. The Morgan fingerprint density at radius 3 is 2.57 bits per heavy atom. The fourth-order valence-corrected chi connectivity index (χ4v) is 4.22. The number of amides is 1. The first-order chi connectivity index (χ1) is 14.7. The smallest absolute Gasteiger partial charge is 0.258 e. The van der Waals surface area contributed by atoms with Gasteiger partial charge in [0.05, 0.1) is 26.4 Å². The Morgan fingerprint density at radius 2 is 1.80 bits per heavy atom. The lowest BCUT2D eigenvalue weighted by Gasteiger charge is -2.35. The molecule has 4 rings (SSSR count). The summed E-state index contributed by atoms with van der Waals surface area (Å²) in [6.07, 6.45) is 3.44. The van der Waals surface area contributed by atoms with Crippen molar-refractivity contribution < 1.29 is 19.0 Å². The fourth-order valence-electron chi connectivity index (χ4n) is 4.22. The maximum absolute atomic E-state index is 12.5. The highest BCUT2D eigenvalue weighted by molar-refractivity contribution is 5.77. The van der Waals surface area contributed by atoms with Crippen LogP contribution >= 0.6 is 0 Å². The summed E-state index contributed by atoms with van der Waals surface area (Å²) in [5.41, 5.74) is 3.90. The van der Waals surface area contributed by atoms with Gasteiger partial charge in [-0.3, -0.25) is 9.69 Å². The van der Waals surface area contributed by atoms with Gasteiger partial charge in [0, 0.05) is 19.6 Å². The van der Waals surface area contributed by atoms with E-state index >= 15 is 0 Å². The van der Waals surface area contributed by atoms with Crippen LogP contribution in [0.3, 0.4) is 0 Å². The van der Waals surface area contributed by atoms with Crippen molar-refractivity contribution in [3.63, 3.8) is 0 Å². The van der Waals surface area contributed by atoms with Crippen molar-refractivity contribution in [3.05, 3.63) is 59.2 Å². The van der Waals surface area contributed by atoms with E-state index < -0.39 is 0 Å². The van der Waals surface area contributed by atoms with E-state index in [2.05, 4.69) is 34.5 Å². The Kier molecular flexibility index (Phi) is 6.87. The summed E-state index contributed by atoms with van der Waals surface area (Å²) in [5.74, 6) is 1.49. The van der Waals surface area contributed by atoms with Crippen molar-refractivity contribution in [2.24, 2.45) is 0 Å². The second-order valence-corrected chi connectivity index (χ2v) is 7.81. The lowest BCUT2D eigenvalue weighted by atomic mass is 10.0. The van der Waals surface area contributed by atoms with Crippen LogP contribution in [0.15, 0.2) is 42.5 Å². The SMILES string of the molecule is COc1ccc([C@@H](CNC(=O)COc2ccc3c(c2)CCC3)N2CCOCC2)cc1. The van der Waals surface area contributed by atoms with Gasteiger partial charge >= 0.3 is 0 Å². The molecule has 1 atom stereocenters. The molecule has 0 radical (unpaired) electrons. The Bertz CT molecular complexity index is 847. The predicted octanol–water partition coefficient (Wildman–Crippen LogP) is 2.75. The highest BCUT2D eigenvalue weighted by Gasteiger charge is 2.23. The molecule has 1 heterocycles. The summed E-state index contributed by atoms with van der Waals surface area (Å²) < 4.78 is 16.5. The molecule has 1 N–H and O–H groups in total. The average molecular weight is 411 g/mol. The first-order valence-electron chi connectivity index (χ1n) is 10.7. The highest BCUT2D eigenvalue weighted by Crippen LogP contribution is 2.26. The number of rotatable bonds is 8. The number of hydrogen-bond acceptors (Lipinski definition) is 5. The van der Waals surface area contributed by atoms with E-state index in [1.807, 2.05) is 18.2 Å². The largest absolute Gasteiger partial charge is 0.497 e. The van der Waals surface area contributed by atoms with Crippen LogP contribution in [0, 0.1) is 0 Å². The lowest BCUT2D eigenvalue weighted by Crippen LogP contribution is -2.44. The summed E-state index contributed by atoms with van der Waals surface area (Å²) >= 11 is 0. The molecule has 0 unspecified atom stereocenters. The van der Waals surface area contributed by atoms with Crippen LogP contribution in [0.25, 0.3) is 0 Å². The Balaban J connectivity index is 1.34. The van der Waals surface area contributed by atoms with Gasteiger partial charge in [-0.1, -0.05) is 18.2 Å². The number of benzene rings is 2. The van der Waals surface area contributed by atoms with Crippen LogP contribution in [-0.2, 0) is 22.4 Å². The molecule has 1 aliphatic heterocycles. The number of aryl methyl sites for hydroxylation is 2. The normalized spacial score (nSPS) is 17.2. The van der Waals surface area contributed by atoms with Crippen LogP contribution in [0.5, 0.6) is 11.5 Å². The summed E-state index contributed by atoms with van der Waals surface area (Å²) in [6.45, 7) is 3.66. The molecular formula is C24H30N2O4. The number of ether oxygens (including phenoxy) is 3. The van der Waals surface area contributed by atoms with Gasteiger partial charge in [0.25, 0.3) is 5.91 Å². The first kappa shape index (κ1) is 20.7. The van der Waals surface area contributed by atoms with E-state index in [-0.39, 0.29) is 18.6 Å². The van der Waals surface area contributed by atoms with Crippen LogP contribution in [0.1, 0.15) is 29.2 Å². The summed E-state index contributed by atoms with van der Waals surface area (Å²) in [7, 11) is 1.66. The molecule has 6 nitrogen and oxygen atoms in total. The van der Waals surface area contributed by atoms with Gasteiger partial charge in [0.2, 0.25) is 0 Å².